The molecular weight excluding hydrogens is 458 g/mol. The first kappa shape index (κ1) is 24.7. The molecule has 10 heteroatoms. The van der Waals surface area contributed by atoms with Gasteiger partial charge in [-0.25, -0.2) is 0 Å². The second-order valence-electron chi connectivity index (χ2n) is 9.55. The van der Waals surface area contributed by atoms with Gasteiger partial charge in [0.1, 0.15) is 0 Å². The molecule has 3 aliphatic rings. The lowest BCUT2D eigenvalue weighted by Gasteiger charge is -2.32. The molecule has 0 aliphatic carbocycles. The molecule has 1 aromatic carbocycles. The van der Waals surface area contributed by atoms with Crippen molar-refractivity contribution < 1.29 is 14.3 Å². The largest absolute Gasteiger partial charge is 0.379 e. The quantitative estimate of drug-likeness (QED) is 0.568. The Morgan fingerprint density at radius 2 is 1.53 bits per heavy atom. The van der Waals surface area contributed by atoms with Gasteiger partial charge in [0.15, 0.2) is 11.6 Å². The van der Waals surface area contributed by atoms with Gasteiger partial charge in [-0.15, -0.1) is 10.2 Å². The van der Waals surface area contributed by atoms with Gasteiger partial charge in [-0.05, 0) is 49.2 Å². The van der Waals surface area contributed by atoms with Gasteiger partial charge in [-0.1, -0.05) is 0 Å². The van der Waals surface area contributed by atoms with Crippen molar-refractivity contribution >= 4 is 28.9 Å². The summed E-state index contributed by atoms with van der Waals surface area (Å²) in [6, 6.07) is 12.3. The van der Waals surface area contributed by atoms with Crippen LogP contribution in [0.3, 0.4) is 0 Å². The molecule has 0 atom stereocenters. The number of ether oxygens (including phenoxy) is 2. The fraction of sp³-hybridized carbons (Fsp3) is 0.577. The maximum Gasteiger partial charge on any atom is 0.223 e. The Morgan fingerprint density at radius 3 is 2.19 bits per heavy atom. The van der Waals surface area contributed by atoms with Crippen molar-refractivity contribution in [1.29, 1.82) is 0 Å². The number of rotatable bonds is 8. The summed E-state index contributed by atoms with van der Waals surface area (Å²) in [6.45, 7) is 10.1. The second kappa shape index (κ2) is 12.3. The lowest BCUT2D eigenvalue weighted by atomic mass is 9.96. The number of carbonyl (C=O) groups is 1. The van der Waals surface area contributed by atoms with Gasteiger partial charge in [0, 0.05) is 69.7 Å². The molecule has 0 spiro atoms. The van der Waals surface area contributed by atoms with Gasteiger partial charge in [-0.3, -0.25) is 9.69 Å². The molecular formula is C26H37N7O3. The minimum atomic E-state index is 0.0697. The Labute approximate surface area is 212 Å². The summed E-state index contributed by atoms with van der Waals surface area (Å²) in [5.41, 5.74) is 2.19. The monoisotopic (exact) mass is 495 g/mol. The Morgan fingerprint density at radius 1 is 0.833 bits per heavy atom. The molecule has 36 heavy (non-hydrogen) atoms. The van der Waals surface area contributed by atoms with E-state index >= 15 is 0 Å². The van der Waals surface area contributed by atoms with Crippen LogP contribution in [0.1, 0.15) is 12.8 Å². The molecule has 0 unspecified atom stereocenters. The van der Waals surface area contributed by atoms with Crippen LogP contribution in [0.2, 0.25) is 0 Å². The van der Waals surface area contributed by atoms with E-state index in [-0.39, 0.29) is 11.8 Å². The van der Waals surface area contributed by atoms with Crippen molar-refractivity contribution in [3.05, 3.63) is 36.4 Å². The molecule has 2 N–H and O–H groups in total. The van der Waals surface area contributed by atoms with Crippen LogP contribution in [-0.2, 0) is 14.3 Å². The fourth-order valence-corrected chi connectivity index (χ4v) is 4.96. The minimum absolute atomic E-state index is 0.0697. The van der Waals surface area contributed by atoms with Crippen LogP contribution < -0.4 is 20.4 Å². The van der Waals surface area contributed by atoms with Gasteiger partial charge in [-0.2, -0.15) is 0 Å². The fourth-order valence-electron chi connectivity index (χ4n) is 4.96. The van der Waals surface area contributed by atoms with E-state index in [4.69, 9.17) is 9.47 Å². The number of aromatic nitrogens is 2. The van der Waals surface area contributed by atoms with E-state index in [1.54, 1.807) is 0 Å². The number of hydrogen-bond donors (Lipinski definition) is 2. The molecule has 4 heterocycles. The normalized spacial score (nSPS) is 19.8. The van der Waals surface area contributed by atoms with Crippen LogP contribution in [0.15, 0.2) is 36.4 Å². The minimum Gasteiger partial charge on any atom is -0.379 e. The highest BCUT2D eigenvalue weighted by atomic mass is 16.5. The zero-order chi connectivity index (χ0) is 24.6. The van der Waals surface area contributed by atoms with Crippen LogP contribution in [-0.4, -0.2) is 99.8 Å². The standard InChI is InChI=1S/C26H37N7O3/c34-26(27-9-12-31-13-17-35-18-14-31)21-7-10-33(11-8-21)25-6-5-24(29-30-25)28-22-1-3-23(4-2-22)32-15-19-36-20-16-32/h1-6,21H,7-20H2,(H,27,34)(H,28,29). The maximum atomic E-state index is 12.6. The Kier molecular flexibility index (Phi) is 8.47. The van der Waals surface area contributed by atoms with Crippen LogP contribution in [0.5, 0.6) is 0 Å². The third-order valence-electron chi connectivity index (χ3n) is 7.19. The molecule has 0 bridgehead atoms. The first-order valence-corrected chi connectivity index (χ1v) is 13.1. The van der Waals surface area contributed by atoms with Crippen LogP contribution in [0.4, 0.5) is 23.0 Å². The van der Waals surface area contributed by atoms with Crippen molar-refractivity contribution in [2.75, 3.05) is 93.9 Å². The molecule has 1 amide bonds. The summed E-state index contributed by atoms with van der Waals surface area (Å²) in [5, 5.41) is 15.3. The van der Waals surface area contributed by atoms with Crippen LogP contribution in [0.25, 0.3) is 0 Å². The molecule has 3 fully saturated rings. The smallest absolute Gasteiger partial charge is 0.223 e. The highest BCUT2D eigenvalue weighted by Gasteiger charge is 2.25. The van der Waals surface area contributed by atoms with E-state index < -0.39 is 0 Å². The highest BCUT2D eigenvalue weighted by molar-refractivity contribution is 5.79. The topological polar surface area (TPSA) is 95.1 Å². The summed E-state index contributed by atoms with van der Waals surface area (Å²) < 4.78 is 10.8. The molecule has 3 aliphatic heterocycles. The summed E-state index contributed by atoms with van der Waals surface area (Å²) in [6.07, 6.45) is 1.67. The number of benzene rings is 1. The van der Waals surface area contributed by atoms with E-state index in [1.165, 1.54) is 5.69 Å². The summed E-state index contributed by atoms with van der Waals surface area (Å²) in [7, 11) is 0. The number of amides is 1. The SMILES string of the molecule is O=C(NCCN1CCOCC1)C1CCN(c2ccc(Nc3ccc(N4CCOCC4)cc3)nn2)CC1. The average molecular weight is 496 g/mol. The molecule has 3 saturated heterocycles. The van der Waals surface area contributed by atoms with Crippen molar-refractivity contribution in [3.63, 3.8) is 0 Å². The van der Waals surface area contributed by atoms with Crippen molar-refractivity contribution in [3.8, 4) is 0 Å². The van der Waals surface area contributed by atoms with Crippen LogP contribution >= 0.6 is 0 Å². The Hall–Kier alpha value is -2.95. The van der Waals surface area contributed by atoms with Crippen LogP contribution in [0, 0.1) is 5.92 Å². The second-order valence-corrected chi connectivity index (χ2v) is 9.55. The van der Waals surface area contributed by atoms with Gasteiger partial charge in [0.05, 0.1) is 26.4 Å². The molecule has 194 valence electrons. The predicted molar refractivity (Wildman–Crippen MR) is 140 cm³/mol. The number of carbonyl (C=O) groups excluding carboxylic acids is 1. The lowest BCUT2D eigenvalue weighted by molar-refractivity contribution is -0.125. The van der Waals surface area contributed by atoms with Crippen molar-refractivity contribution in [1.82, 2.24) is 20.4 Å². The van der Waals surface area contributed by atoms with Gasteiger partial charge in [0.2, 0.25) is 5.91 Å². The first-order chi connectivity index (χ1) is 17.7. The zero-order valence-electron chi connectivity index (χ0n) is 20.9. The zero-order valence-corrected chi connectivity index (χ0v) is 20.9. The maximum absolute atomic E-state index is 12.6. The third kappa shape index (κ3) is 6.63. The molecule has 0 saturated carbocycles. The van der Waals surface area contributed by atoms with E-state index in [9.17, 15) is 4.79 Å². The molecule has 0 radical (unpaired) electrons. The van der Waals surface area contributed by atoms with Gasteiger partial charge < -0.3 is 29.9 Å². The number of piperidine rings is 1. The van der Waals surface area contributed by atoms with Gasteiger partial charge in [0.25, 0.3) is 0 Å². The number of nitrogens with zero attached hydrogens (tertiary/aromatic N) is 5. The van der Waals surface area contributed by atoms with Crippen molar-refractivity contribution in [2.24, 2.45) is 5.92 Å². The molecule has 1 aromatic heterocycles. The molecule has 5 rings (SSSR count). The van der Waals surface area contributed by atoms with Crippen molar-refractivity contribution in [2.45, 2.75) is 12.8 Å². The van der Waals surface area contributed by atoms with E-state index in [0.717, 1.165) is 96.6 Å². The number of hydrogen-bond acceptors (Lipinski definition) is 9. The summed E-state index contributed by atoms with van der Waals surface area (Å²) in [4.78, 5) is 19.5. The third-order valence-corrected chi connectivity index (χ3v) is 7.19. The lowest BCUT2D eigenvalue weighted by Crippen LogP contribution is -2.44. The summed E-state index contributed by atoms with van der Waals surface area (Å²) >= 11 is 0. The first-order valence-electron chi connectivity index (χ1n) is 13.1. The Balaban J connectivity index is 1.05. The Bertz CT molecular complexity index is 953. The van der Waals surface area contributed by atoms with E-state index in [0.29, 0.717) is 12.4 Å². The molecule has 10 nitrogen and oxygen atoms in total. The van der Waals surface area contributed by atoms with E-state index in [1.807, 2.05) is 12.1 Å². The number of anilines is 4. The number of nitrogens with one attached hydrogen (secondary N) is 2. The average Bonchev–Trinajstić information content (AvgIpc) is 2.95. The predicted octanol–water partition coefficient (Wildman–Crippen LogP) is 1.72. The van der Waals surface area contributed by atoms with Gasteiger partial charge >= 0.3 is 0 Å². The summed E-state index contributed by atoms with van der Waals surface area (Å²) in [5.74, 6) is 1.82. The molecule has 2 aromatic rings. The highest BCUT2D eigenvalue weighted by Crippen LogP contribution is 2.24. The van der Waals surface area contributed by atoms with E-state index in [2.05, 4.69) is 59.8 Å². The number of morpholine rings is 2.